The minimum atomic E-state index is 0.0774. The highest BCUT2D eigenvalue weighted by atomic mass is 32.1. The molecule has 1 saturated carbocycles. The van der Waals surface area contributed by atoms with Crippen LogP contribution in [0.5, 0.6) is 0 Å². The van der Waals surface area contributed by atoms with Gasteiger partial charge in [-0.2, -0.15) is 0 Å². The molecule has 0 amide bonds. The van der Waals surface area contributed by atoms with Crippen molar-refractivity contribution in [3.05, 3.63) is 44.8 Å². The van der Waals surface area contributed by atoms with Crippen molar-refractivity contribution in [2.24, 2.45) is 5.73 Å². The fourth-order valence-electron chi connectivity index (χ4n) is 2.05. The Balaban J connectivity index is 1.85. The molecule has 0 aliphatic heterocycles. The van der Waals surface area contributed by atoms with Gasteiger partial charge >= 0.3 is 5.69 Å². The number of imidazole rings is 1. The summed E-state index contributed by atoms with van der Waals surface area (Å²) in [5, 5.41) is 2.00. The lowest BCUT2D eigenvalue weighted by molar-refractivity contribution is 0.659. The number of nitrogens with zero attached hydrogens (tertiary/aromatic N) is 2. The Kier molecular flexibility index (Phi) is 3.28. The zero-order valence-electron chi connectivity index (χ0n) is 10.5. The highest BCUT2D eigenvalue weighted by Crippen LogP contribution is 2.33. The standard InChI is InChI=1S/C14H15N3OS/c15-6-1-2-11-5-9-19-13(11)10-16-7-8-17(14(16)18)12-3-4-12/h5,7-9,12H,3-4,6,10,15H2. The van der Waals surface area contributed by atoms with Crippen molar-refractivity contribution in [3.63, 3.8) is 0 Å². The fraction of sp³-hybridized carbons (Fsp3) is 0.357. The van der Waals surface area contributed by atoms with E-state index in [2.05, 4.69) is 11.8 Å². The third-order valence-electron chi connectivity index (χ3n) is 3.20. The Bertz CT molecular complexity index is 694. The van der Waals surface area contributed by atoms with E-state index in [0.717, 1.165) is 23.3 Å². The monoisotopic (exact) mass is 273 g/mol. The molecule has 19 heavy (non-hydrogen) atoms. The van der Waals surface area contributed by atoms with Crippen LogP contribution in [-0.4, -0.2) is 15.7 Å². The molecule has 2 N–H and O–H groups in total. The molecule has 2 aromatic rings. The van der Waals surface area contributed by atoms with Crippen LogP contribution < -0.4 is 11.4 Å². The molecule has 3 rings (SSSR count). The lowest BCUT2D eigenvalue weighted by Crippen LogP contribution is -2.23. The van der Waals surface area contributed by atoms with Gasteiger partial charge in [-0.25, -0.2) is 4.79 Å². The van der Waals surface area contributed by atoms with Crippen molar-refractivity contribution >= 4 is 11.3 Å². The second kappa shape index (κ2) is 5.08. The first-order valence-corrected chi connectivity index (χ1v) is 7.20. The van der Waals surface area contributed by atoms with E-state index in [4.69, 9.17) is 5.73 Å². The van der Waals surface area contributed by atoms with Crippen molar-refractivity contribution in [2.75, 3.05) is 6.54 Å². The highest BCUT2D eigenvalue weighted by molar-refractivity contribution is 7.10. The van der Waals surface area contributed by atoms with Gasteiger partial charge in [-0.1, -0.05) is 11.8 Å². The second-order valence-corrected chi connectivity index (χ2v) is 5.61. The van der Waals surface area contributed by atoms with Crippen LogP contribution in [0, 0.1) is 11.8 Å². The highest BCUT2D eigenvalue weighted by Gasteiger charge is 2.25. The number of hydrogen-bond donors (Lipinski definition) is 1. The summed E-state index contributed by atoms with van der Waals surface area (Å²) in [5.74, 6) is 5.90. The van der Waals surface area contributed by atoms with E-state index in [1.807, 2.05) is 28.4 Å². The first-order valence-electron chi connectivity index (χ1n) is 6.32. The maximum Gasteiger partial charge on any atom is 0.328 e. The Labute approximate surface area is 115 Å². The summed E-state index contributed by atoms with van der Waals surface area (Å²) in [6, 6.07) is 2.40. The van der Waals surface area contributed by atoms with Crippen molar-refractivity contribution < 1.29 is 0 Å². The van der Waals surface area contributed by atoms with E-state index >= 15 is 0 Å². The molecule has 1 aliphatic carbocycles. The molecule has 0 bridgehead atoms. The molecule has 1 aliphatic rings. The molecule has 0 saturated heterocycles. The quantitative estimate of drug-likeness (QED) is 0.860. The van der Waals surface area contributed by atoms with Gasteiger partial charge in [0.2, 0.25) is 0 Å². The lowest BCUT2D eigenvalue weighted by atomic mass is 10.2. The van der Waals surface area contributed by atoms with Gasteiger partial charge in [0, 0.05) is 28.9 Å². The molecule has 5 heteroatoms. The third-order valence-corrected chi connectivity index (χ3v) is 4.10. The SMILES string of the molecule is NCC#Cc1ccsc1Cn1ccn(C2CC2)c1=O. The number of thiophene rings is 1. The molecule has 0 atom stereocenters. The van der Waals surface area contributed by atoms with E-state index in [-0.39, 0.29) is 5.69 Å². The van der Waals surface area contributed by atoms with Gasteiger partial charge < -0.3 is 5.73 Å². The maximum atomic E-state index is 12.2. The zero-order valence-corrected chi connectivity index (χ0v) is 11.3. The molecule has 4 nitrogen and oxygen atoms in total. The van der Waals surface area contributed by atoms with Crippen LogP contribution in [0.4, 0.5) is 0 Å². The first kappa shape index (κ1) is 12.3. The van der Waals surface area contributed by atoms with E-state index < -0.39 is 0 Å². The molecular weight excluding hydrogens is 258 g/mol. The summed E-state index contributed by atoms with van der Waals surface area (Å²) >= 11 is 1.62. The van der Waals surface area contributed by atoms with Crippen LogP contribution in [0.25, 0.3) is 0 Å². The van der Waals surface area contributed by atoms with Gasteiger partial charge in [0.05, 0.1) is 13.1 Å². The minimum absolute atomic E-state index is 0.0774. The predicted molar refractivity (Wildman–Crippen MR) is 76.3 cm³/mol. The van der Waals surface area contributed by atoms with E-state index in [9.17, 15) is 4.79 Å². The summed E-state index contributed by atoms with van der Waals surface area (Å²) in [6.45, 7) is 0.943. The second-order valence-electron chi connectivity index (χ2n) is 4.61. The number of nitrogens with two attached hydrogens (primary N) is 1. The van der Waals surface area contributed by atoms with Crippen molar-refractivity contribution in [3.8, 4) is 11.8 Å². The summed E-state index contributed by atoms with van der Waals surface area (Å²) in [7, 11) is 0. The van der Waals surface area contributed by atoms with Crippen molar-refractivity contribution in [1.29, 1.82) is 0 Å². The number of rotatable bonds is 3. The molecule has 0 spiro atoms. The van der Waals surface area contributed by atoms with Gasteiger partial charge in [-0.05, 0) is 24.3 Å². The molecular formula is C14H15N3OS. The third kappa shape index (κ3) is 2.50. The summed E-state index contributed by atoms with van der Waals surface area (Å²) in [6.07, 6.45) is 5.99. The van der Waals surface area contributed by atoms with Gasteiger partial charge in [0.15, 0.2) is 0 Å². The topological polar surface area (TPSA) is 52.9 Å². The average Bonchev–Trinajstić information content (AvgIpc) is 3.06. The Morgan fingerprint density at radius 3 is 3.00 bits per heavy atom. The molecule has 2 heterocycles. The summed E-state index contributed by atoms with van der Waals surface area (Å²) in [5.41, 5.74) is 6.44. The Morgan fingerprint density at radius 1 is 1.42 bits per heavy atom. The summed E-state index contributed by atoms with van der Waals surface area (Å²) < 4.78 is 3.58. The fourth-order valence-corrected chi connectivity index (χ4v) is 2.88. The van der Waals surface area contributed by atoms with E-state index in [1.54, 1.807) is 15.9 Å². The smallest absolute Gasteiger partial charge is 0.320 e. The normalized spacial score (nSPS) is 14.2. The lowest BCUT2D eigenvalue weighted by Gasteiger charge is -2.00. The van der Waals surface area contributed by atoms with Crippen molar-refractivity contribution in [2.45, 2.75) is 25.4 Å². The van der Waals surface area contributed by atoms with Gasteiger partial charge in [0.1, 0.15) is 0 Å². The van der Waals surface area contributed by atoms with Crippen LogP contribution in [0.15, 0.2) is 28.6 Å². The van der Waals surface area contributed by atoms with Gasteiger partial charge in [-0.3, -0.25) is 9.13 Å². The minimum Gasteiger partial charge on any atom is -0.320 e. The van der Waals surface area contributed by atoms with Crippen molar-refractivity contribution in [1.82, 2.24) is 9.13 Å². The zero-order chi connectivity index (χ0) is 13.2. The van der Waals surface area contributed by atoms with E-state index in [1.165, 1.54) is 0 Å². The predicted octanol–water partition coefficient (Wildman–Crippen LogP) is 1.40. The Hall–Kier alpha value is -1.77. The first-order chi connectivity index (χ1) is 9.29. The summed E-state index contributed by atoms with van der Waals surface area (Å²) in [4.78, 5) is 13.3. The number of aromatic nitrogens is 2. The van der Waals surface area contributed by atoms with Gasteiger partial charge in [0.25, 0.3) is 0 Å². The largest absolute Gasteiger partial charge is 0.328 e. The van der Waals surface area contributed by atoms with Crippen LogP contribution >= 0.6 is 11.3 Å². The van der Waals surface area contributed by atoms with Crippen LogP contribution in [0.1, 0.15) is 29.3 Å². The average molecular weight is 273 g/mol. The van der Waals surface area contributed by atoms with Crippen LogP contribution in [0.2, 0.25) is 0 Å². The van der Waals surface area contributed by atoms with Gasteiger partial charge in [-0.15, -0.1) is 11.3 Å². The van der Waals surface area contributed by atoms with Crippen LogP contribution in [0.3, 0.4) is 0 Å². The molecule has 0 radical (unpaired) electrons. The Morgan fingerprint density at radius 2 is 2.26 bits per heavy atom. The van der Waals surface area contributed by atoms with E-state index in [0.29, 0.717) is 19.1 Å². The molecule has 0 aromatic carbocycles. The van der Waals surface area contributed by atoms with Crippen LogP contribution in [-0.2, 0) is 6.54 Å². The molecule has 98 valence electrons. The molecule has 0 unspecified atom stereocenters. The number of hydrogen-bond acceptors (Lipinski definition) is 3. The molecule has 2 aromatic heterocycles. The molecule has 1 fully saturated rings. The maximum absolute atomic E-state index is 12.2.